The topological polar surface area (TPSA) is 99.7 Å². The Kier molecular flexibility index (Phi) is 7.17. The van der Waals surface area contributed by atoms with Gasteiger partial charge in [0.05, 0.1) is 38.0 Å². The van der Waals surface area contributed by atoms with Gasteiger partial charge in [0.25, 0.3) is 0 Å². The zero-order chi connectivity index (χ0) is 25.3. The molecule has 9 heteroatoms. The minimum absolute atomic E-state index is 0.118. The Balaban J connectivity index is 1.69. The van der Waals surface area contributed by atoms with Crippen LogP contribution in [0, 0.1) is 11.3 Å². The Morgan fingerprint density at radius 3 is 2.60 bits per heavy atom. The molecule has 0 saturated carbocycles. The third-order valence-corrected chi connectivity index (χ3v) is 6.73. The van der Waals surface area contributed by atoms with Crippen molar-refractivity contribution >= 4 is 23.3 Å². The Morgan fingerprint density at radius 1 is 1.17 bits per heavy atom. The predicted octanol–water partition coefficient (Wildman–Crippen LogP) is 3.22. The summed E-state index contributed by atoms with van der Waals surface area (Å²) in [4.78, 5) is 39.3. The number of fused-ring (bicyclic) bond motifs is 1. The third kappa shape index (κ3) is 5.34. The smallest absolute Gasteiger partial charge is 0.318 e. The fourth-order valence-corrected chi connectivity index (χ4v) is 4.81. The van der Waals surface area contributed by atoms with Crippen LogP contribution in [0.1, 0.15) is 65.0 Å². The molecule has 9 nitrogen and oxygen atoms in total. The van der Waals surface area contributed by atoms with Crippen molar-refractivity contribution in [3.8, 4) is 0 Å². The molecule has 0 bridgehead atoms. The molecule has 1 aromatic heterocycles. The number of hydrogen-bond acceptors (Lipinski definition) is 6. The van der Waals surface area contributed by atoms with Crippen LogP contribution in [0.3, 0.4) is 0 Å². The van der Waals surface area contributed by atoms with Crippen molar-refractivity contribution in [1.29, 1.82) is 0 Å². The lowest BCUT2D eigenvalue weighted by Crippen LogP contribution is -2.45. The van der Waals surface area contributed by atoms with Gasteiger partial charge in [0.15, 0.2) is 5.82 Å². The van der Waals surface area contributed by atoms with E-state index in [9.17, 15) is 9.59 Å². The van der Waals surface area contributed by atoms with Crippen LogP contribution in [-0.2, 0) is 22.6 Å². The van der Waals surface area contributed by atoms with Crippen molar-refractivity contribution in [3.05, 3.63) is 34.9 Å². The lowest BCUT2D eigenvalue weighted by molar-refractivity contribution is -0.140. The Morgan fingerprint density at radius 2 is 1.94 bits per heavy atom. The second kappa shape index (κ2) is 9.97. The quantitative estimate of drug-likeness (QED) is 0.684. The highest BCUT2D eigenvalue weighted by Crippen LogP contribution is 2.36. The number of urea groups is 1. The number of morpholine rings is 1. The fourth-order valence-electron chi connectivity index (χ4n) is 4.81. The summed E-state index contributed by atoms with van der Waals surface area (Å²) in [7, 11) is 0. The number of anilines is 1. The molecular weight excluding hydrogens is 444 g/mol. The molecule has 3 amide bonds. The van der Waals surface area contributed by atoms with Crippen LogP contribution in [-0.4, -0.2) is 59.2 Å². The van der Waals surface area contributed by atoms with E-state index in [1.807, 2.05) is 44.7 Å². The zero-order valence-electron chi connectivity index (χ0n) is 21.8. The summed E-state index contributed by atoms with van der Waals surface area (Å²) in [6, 6.07) is -0.00145. The van der Waals surface area contributed by atoms with Crippen LogP contribution in [0.5, 0.6) is 0 Å². The molecule has 0 spiro atoms. The van der Waals surface area contributed by atoms with E-state index in [2.05, 4.69) is 29.4 Å². The maximum atomic E-state index is 13.1. The van der Waals surface area contributed by atoms with Gasteiger partial charge < -0.3 is 25.2 Å². The van der Waals surface area contributed by atoms with Crippen LogP contribution < -0.4 is 15.5 Å². The number of hydrogen-bond donors (Lipinski definition) is 2. The van der Waals surface area contributed by atoms with Crippen LogP contribution in [0.15, 0.2) is 17.8 Å². The van der Waals surface area contributed by atoms with Gasteiger partial charge in [-0.1, -0.05) is 33.8 Å². The Labute approximate surface area is 208 Å². The number of nitrogens with one attached hydrogen (secondary N) is 2. The molecular formula is C26H38N6O3. The molecule has 1 saturated heterocycles. The van der Waals surface area contributed by atoms with Gasteiger partial charge in [0.1, 0.15) is 5.82 Å². The van der Waals surface area contributed by atoms with Crippen molar-refractivity contribution in [2.24, 2.45) is 11.3 Å². The average Bonchev–Trinajstić information content (AvgIpc) is 3.23. The average molecular weight is 483 g/mol. The van der Waals surface area contributed by atoms with Crippen LogP contribution in [0.2, 0.25) is 0 Å². The molecule has 2 atom stereocenters. The van der Waals surface area contributed by atoms with E-state index >= 15 is 0 Å². The molecule has 190 valence electrons. The minimum Gasteiger partial charge on any atom is -0.377 e. The van der Waals surface area contributed by atoms with E-state index in [4.69, 9.17) is 14.7 Å². The first-order valence-electron chi connectivity index (χ1n) is 12.6. The van der Waals surface area contributed by atoms with Gasteiger partial charge in [-0.15, -0.1) is 0 Å². The molecule has 1 aromatic rings. The van der Waals surface area contributed by atoms with E-state index < -0.39 is 5.41 Å². The molecule has 0 radical (unpaired) electrons. The molecule has 1 aliphatic carbocycles. The molecule has 3 heterocycles. The zero-order valence-corrected chi connectivity index (χ0v) is 21.8. The lowest BCUT2D eigenvalue weighted by Gasteiger charge is -2.35. The van der Waals surface area contributed by atoms with Gasteiger partial charge in [0.2, 0.25) is 5.91 Å². The van der Waals surface area contributed by atoms with Gasteiger partial charge >= 0.3 is 6.03 Å². The SMILES string of the molecule is CCNC(=O)NC1=CC=C(c2nc3c(c(N4CCOCC4C)n2)CN(C(=O)C(C)(C)C)C3)CC1C. The number of rotatable bonds is 4. The summed E-state index contributed by atoms with van der Waals surface area (Å²) in [5.41, 5.74) is 3.42. The van der Waals surface area contributed by atoms with E-state index in [0.717, 1.165) is 41.3 Å². The summed E-state index contributed by atoms with van der Waals surface area (Å²) in [6.45, 7) is 15.6. The maximum Gasteiger partial charge on any atom is 0.318 e. The monoisotopic (exact) mass is 482 g/mol. The lowest BCUT2D eigenvalue weighted by atomic mass is 9.92. The molecule has 0 aromatic carbocycles. The summed E-state index contributed by atoms with van der Waals surface area (Å²) in [5, 5.41) is 5.72. The normalized spacial score (nSPS) is 22.3. The highest BCUT2D eigenvalue weighted by molar-refractivity contribution is 5.82. The van der Waals surface area contributed by atoms with Gasteiger partial charge in [-0.05, 0) is 31.9 Å². The summed E-state index contributed by atoms with van der Waals surface area (Å²) < 4.78 is 5.67. The number of carbonyl (C=O) groups excluding carboxylic acids is 2. The minimum atomic E-state index is -0.454. The van der Waals surface area contributed by atoms with E-state index in [-0.39, 0.29) is 23.9 Å². The number of allylic oxidation sites excluding steroid dienone is 4. The number of ether oxygens (including phenoxy) is 1. The first-order chi connectivity index (χ1) is 16.6. The number of amides is 3. The van der Waals surface area contributed by atoms with Crippen LogP contribution in [0.4, 0.5) is 10.6 Å². The van der Waals surface area contributed by atoms with Crippen LogP contribution >= 0.6 is 0 Å². The number of aromatic nitrogens is 2. The highest BCUT2D eigenvalue weighted by atomic mass is 16.5. The molecule has 2 unspecified atom stereocenters. The van der Waals surface area contributed by atoms with Crippen molar-refractivity contribution in [1.82, 2.24) is 25.5 Å². The van der Waals surface area contributed by atoms with E-state index in [1.54, 1.807) is 0 Å². The van der Waals surface area contributed by atoms with Gasteiger partial charge in [-0.2, -0.15) is 0 Å². The Hall–Kier alpha value is -2.94. The van der Waals surface area contributed by atoms with E-state index in [0.29, 0.717) is 38.7 Å². The molecule has 35 heavy (non-hydrogen) atoms. The number of nitrogens with zero attached hydrogens (tertiary/aromatic N) is 4. The standard InChI is InChI=1S/C26H38N6O3/c1-7-27-25(34)29-20-9-8-18(12-16(20)2)22-28-21-14-31(24(33)26(4,5)6)13-19(21)23(30-22)32-10-11-35-15-17(32)3/h8-9,16-17H,7,10-15H2,1-6H3,(H2,27,29,34). The van der Waals surface area contributed by atoms with Crippen molar-refractivity contribution in [2.45, 2.75) is 67.1 Å². The van der Waals surface area contributed by atoms with Gasteiger partial charge in [-0.25, -0.2) is 14.8 Å². The maximum absolute atomic E-state index is 13.1. The van der Waals surface area contributed by atoms with Gasteiger partial charge in [0, 0.05) is 35.7 Å². The van der Waals surface area contributed by atoms with Crippen molar-refractivity contribution in [3.63, 3.8) is 0 Å². The van der Waals surface area contributed by atoms with Crippen molar-refractivity contribution < 1.29 is 14.3 Å². The summed E-state index contributed by atoms with van der Waals surface area (Å²) >= 11 is 0. The largest absolute Gasteiger partial charge is 0.377 e. The highest BCUT2D eigenvalue weighted by Gasteiger charge is 2.36. The molecule has 2 aliphatic heterocycles. The van der Waals surface area contributed by atoms with E-state index in [1.165, 1.54) is 0 Å². The molecule has 1 fully saturated rings. The third-order valence-electron chi connectivity index (χ3n) is 6.73. The van der Waals surface area contributed by atoms with Crippen LogP contribution in [0.25, 0.3) is 5.57 Å². The first kappa shape index (κ1) is 25.2. The second-order valence-corrected chi connectivity index (χ2v) is 10.7. The second-order valence-electron chi connectivity index (χ2n) is 10.7. The predicted molar refractivity (Wildman–Crippen MR) is 135 cm³/mol. The van der Waals surface area contributed by atoms with Gasteiger partial charge in [-0.3, -0.25) is 4.79 Å². The fraction of sp³-hybridized carbons (Fsp3) is 0.615. The number of carbonyl (C=O) groups is 2. The molecule has 4 rings (SSSR count). The molecule has 2 N–H and O–H groups in total. The van der Waals surface area contributed by atoms with Crippen molar-refractivity contribution in [2.75, 3.05) is 31.2 Å². The summed E-state index contributed by atoms with van der Waals surface area (Å²) in [6.07, 6.45) is 4.67. The first-order valence-corrected chi connectivity index (χ1v) is 12.6. The Bertz CT molecular complexity index is 1060. The molecule has 3 aliphatic rings. The summed E-state index contributed by atoms with van der Waals surface area (Å²) in [5.74, 6) is 1.85.